The number of aryl methyl sites for hydroxylation is 2. The fraction of sp³-hybridized carbons (Fsp3) is 0.615. The van der Waals surface area contributed by atoms with Gasteiger partial charge in [-0.2, -0.15) is 4.99 Å². The predicted molar refractivity (Wildman–Crippen MR) is 76.5 cm³/mol. The van der Waals surface area contributed by atoms with Crippen LogP contribution in [0.4, 0.5) is 5.95 Å². The van der Waals surface area contributed by atoms with Crippen LogP contribution in [0.1, 0.15) is 18.3 Å². The summed E-state index contributed by atoms with van der Waals surface area (Å²) in [6.07, 6.45) is 0. The minimum absolute atomic E-state index is 0.452. The van der Waals surface area contributed by atoms with Crippen molar-refractivity contribution in [1.29, 1.82) is 0 Å². The third-order valence-corrected chi connectivity index (χ3v) is 3.33. The van der Waals surface area contributed by atoms with E-state index < -0.39 is 0 Å². The normalized spacial score (nSPS) is 17.8. The Kier molecular flexibility index (Phi) is 4.31. The first-order valence-corrected chi connectivity index (χ1v) is 6.72. The van der Waals surface area contributed by atoms with Gasteiger partial charge in [0.25, 0.3) is 5.95 Å². The van der Waals surface area contributed by atoms with E-state index in [0.717, 1.165) is 44.1 Å². The summed E-state index contributed by atoms with van der Waals surface area (Å²) in [5, 5.41) is 0. The molecule has 1 aromatic rings. The quantitative estimate of drug-likeness (QED) is 0.627. The molecule has 104 valence electrons. The summed E-state index contributed by atoms with van der Waals surface area (Å²) in [4.78, 5) is 17.4. The van der Waals surface area contributed by atoms with Gasteiger partial charge in [0.2, 0.25) is 0 Å². The predicted octanol–water partition coefficient (Wildman–Crippen LogP) is 0.677. The van der Waals surface area contributed by atoms with E-state index in [2.05, 4.69) is 31.7 Å². The molecule has 1 aliphatic heterocycles. The molecule has 0 aromatic carbocycles. The van der Waals surface area contributed by atoms with Crippen LogP contribution < -0.4 is 5.73 Å². The first-order valence-electron chi connectivity index (χ1n) is 6.72. The number of hydrogen-bond donors (Lipinski definition) is 1. The maximum absolute atomic E-state index is 6.04. The lowest BCUT2D eigenvalue weighted by Crippen LogP contribution is -2.50. The van der Waals surface area contributed by atoms with Crippen LogP contribution in [0.25, 0.3) is 0 Å². The molecule has 0 radical (unpaired) electrons. The Bertz CT molecular complexity index is 442. The molecule has 1 aromatic heterocycles. The van der Waals surface area contributed by atoms with Crippen molar-refractivity contribution in [2.24, 2.45) is 10.7 Å². The topological polar surface area (TPSA) is 70.6 Å². The summed E-state index contributed by atoms with van der Waals surface area (Å²) in [5.74, 6) is 0.966. The molecule has 0 spiro atoms. The Morgan fingerprint density at radius 2 is 1.79 bits per heavy atom. The van der Waals surface area contributed by atoms with Crippen molar-refractivity contribution in [2.45, 2.75) is 20.8 Å². The van der Waals surface area contributed by atoms with Crippen LogP contribution in [0.3, 0.4) is 0 Å². The maximum Gasteiger partial charge on any atom is 0.253 e. The third-order valence-electron chi connectivity index (χ3n) is 3.33. The summed E-state index contributed by atoms with van der Waals surface area (Å²) >= 11 is 0. The molecule has 1 fully saturated rings. The molecule has 2 heterocycles. The van der Waals surface area contributed by atoms with Gasteiger partial charge in [-0.25, -0.2) is 9.97 Å². The monoisotopic (exact) mass is 262 g/mol. The van der Waals surface area contributed by atoms with E-state index in [1.165, 1.54) is 0 Å². The summed E-state index contributed by atoms with van der Waals surface area (Å²) in [5.41, 5.74) is 7.87. The number of hydrogen-bond acceptors (Lipinski definition) is 4. The number of piperazine rings is 1. The highest BCUT2D eigenvalue weighted by Crippen LogP contribution is 2.08. The van der Waals surface area contributed by atoms with Gasteiger partial charge in [0, 0.05) is 37.6 Å². The smallest absolute Gasteiger partial charge is 0.253 e. The van der Waals surface area contributed by atoms with Crippen molar-refractivity contribution >= 4 is 11.9 Å². The zero-order valence-electron chi connectivity index (χ0n) is 11.9. The number of rotatable bonds is 2. The van der Waals surface area contributed by atoms with E-state index >= 15 is 0 Å². The summed E-state index contributed by atoms with van der Waals surface area (Å²) in [7, 11) is 0. The second-order valence-electron chi connectivity index (χ2n) is 4.84. The fourth-order valence-electron chi connectivity index (χ4n) is 2.22. The van der Waals surface area contributed by atoms with Crippen molar-refractivity contribution in [2.75, 3.05) is 32.7 Å². The molecule has 0 aliphatic carbocycles. The average Bonchev–Trinajstić information content (AvgIpc) is 2.37. The van der Waals surface area contributed by atoms with Crippen LogP contribution in [0, 0.1) is 13.8 Å². The second-order valence-corrected chi connectivity index (χ2v) is 4.84. The molecule has 0 unspecified atom stereocenters. The Hall–Kier alpha value is -1.69. The largest absolute Gasteiger partial charge is 0.369 e. The minimum Gasteiger partial charge on any atom is -0.369 e. The highest BCUT2D eigenvalue weighted by Gasteiger charge is 2.17. The Morgan fingerprint density at radius 3 is 2.32 bits per heavy atom. The number of nitrogens with zero attached hydrogens (tertiary/aromatic N) is 5. The van der Waals surface area contributed by atoms with Crippen molar-refractivity contribution < 1.29 is 0 Å². The molecule has 6 heteroatoms. The van der Waals surface area contributed by atoms with E-state index in [0.29, 0.717) is 11.9 Å². The van der Waals surface area contributed by atoms with Crippen LogP contribution in [0.5, 0.6) is 0 Å². The van der Waals surface area contributed by atoms with Crippen molar-refractivity contribution in [3.63, 3.8) is 0 Å². The number of aliphatic imine (C=N–C) groups is 1. The van der Waals surface area contributed by atoms with Crippen LogP contribution in [-0.2, 0) is 0 Å². The highest BCUT2D eigenvalue weighted by molar-refractivity contribution is 5.80. The molecule has 1 aliphatic rings. The fourth-order valence-corrected chi connectivity index (χ4v) is 2.22. The van der Waals surface area contributed by atoms with Gasteiger partial charge in [0.05, 0.1) is 0 Å². The lowest BCUT2D eigenvalue weighted by Gasteiger charge is -2.34. The SMILES string of the molecule is CCN1CCN(C(N)=Nc2nc(C)cc(C)n2)CC1. The molecular formula is C13H22N6. The lowest BCUT2D eigenvalue weighted by atomic mass is 10.3. The molecule has 0 atom stereocenters. The molecule has 6 nitrogen and oxygen atoms in total. The maximum atomic E-state index is 6.04. The summed E-state index contributed by atoms with van der Waals surface area (Å²) in [6, 6.07) is 1.93. The number of aromatic nitrogens is 2. The van der Waals surface area contributed by atoms with Gasteiger partial charge in [-0.05, 0) is 26.5 Å². The van der Waals surface area contributed by atoms with Crippen molar-refractivity contribution in [1.82, 2.24) is 19.8 Å². The molecule has 1 saturated heterocycles. The summed E-state index contributed by atoms with van der Waals surface area (Å²) in [6.45, 7) is 11.0. The van der Waals surface area contributed by atoms with E-state index in [9.17, 15) is 0 Å². The van der Waals surface area contributed by atoms with Crippen LogP contribution >= 0.6 is 0 Å². The van der Waals surface area contributed by atoms with Gasteiger partial charge in [0.1, 0.15) is 0 Å². The minimum atomic E-state index is 0.452. The van der Waals surface area contributed by atoms with Gasteiger partial charge < -0.3 is 15.5 Å². The van der Waals surface area contributed by atoms with Crippen LogP contribution in [-0.4, -0.2) is 58.5 Å². The lowest BCUT2D eigenvalue weighted by molar-refractivity contribution is 0.189. The van der Waals surface area contributed by atoms with Gasteiger partial charge >= 0.3 is 0 Å². The van der Waals surface area contributed by atoms with Crippen LogP contribution in [0.2, 0.25) is 0 Å². The first-order chi connectivity index (χ1) is 9.08. The third kappa shape index (κ3) is 3.64. The Morgan fingerprint density at radius 1 is 1.21 bits per heavy atom. The van der Waals surface area contributed by atoms with Crippen molar-refractivity contribution in [3.8, 4) is 0 Å². The molecule has 19 heavy (non-hydrogen) atoms. The molecule has 0 bridgehead atoms. The zero-order chi connectivity index (χ0) is 13.8. The van der Waals surface area contributed by atoms with Crippen molar-refractivity contribution in [3.05, 3.63) is 17.5 Å². The number of likely N-dealkylation sites (N-methyl/N-ethyl adjacent to an activating group) is 1. The van der Waals surface area contributed by atoms with Gasteiger partial charge in [-0.15, -0.1) is 0 Å². The summed E-state index contributed by atoms with van der Waals surface area (Å²) < 4.78 is 0. The highest BCUT2D eigenvalue weighted by atomic mass is 15.3. The Labute approximate surface area is 114 Å². The zero-order valence-corrected chi connectivity index (χ0v) is 11.9. The van der Waals surface area contributed by atoms with E-state index in [-0.39, 0.29) is 0 Å². The van der Waals surface area contributed by atoms with E-state index in [1.807, 2.05) is 19.9 Å². The molecule has 2 N–H and O–H groups in total. The van der Waals surface area contributed by atoms with E-state index in [4.69, 9.17) is 5.73 Å². The van der Waals surface area contributed by atoms with Gasteiger partial charge in [-0.3, -0.25) is 0 Å². The molecule has 2 rings (SSSR count). The van der Waals surface area contributed by atoms with Gasteiger partial charge in [0.15, 0.2) is 5.96 Å². The second kappa shape index (κ2) is 5.97. The first kappa shape index (κ1) is 13.7. The average molecular weight is 262 g/mol. The molecular weight excluding hydrogens is 240 g/mol. The number of guanidine groups is 1. The molecule has 0 saturated carbocycles. The van der Waals surface area contributed by atoms with E-state index in [1.54, 1.807) is 0 Å². The Balaban J connectivity index is 2.06. The van der Waals surface area contributed by atoms with Crippen LogP contribution in [0.15, 0.2) is 11.1 Å². The van der Waals surface area contributed by atoms with Gasteiger partial charge in [-0.1, -0.05) is 6.92 Å². The molecule has 0 amide bonds. The standard InChI is InChI=1S/C13H22N6/c1-4-18-5-7-19(8-6-18)12(14)17-13-15-10(2)9-11(3)16-13/h9H,4-8H2,1-3H3,(H2,14,15,16,17). The number of nitrogens with two attached hydrogens (primary N) is 1.